The summed E-state index contributed by atoms with van der Waals surface area (Å²) in [5.41, 5.74) is 9.43. The molecule has 1 saturated heterocycles. The van der Waals surface area contributed by atoms with Crippen molar-refractivity contribution in [2.24, 2.45) is 0 Å². The van der Waals surface area contributed by atoms with Crippen LogP contribution in [-0.2, 0) is 0 Å². The molecule has 0 unspecified atom stereocenters. The van der Waals surface area contributed by atoms with E-state index in [4.69, 9.17) is 5.73 Å². The van der Waals surface area contributed by atoms with Crippen LogP contribution < -0.4 is 10.6 Å². The molecule has 2 heterocycles. The first-order valence-electron chi connectivity index (χ1n) is 6.16. The van der Waals surface area contributed by atoms with Gasteiger partial charge in [-0.3, -0.25) is 0 Å². The molecule has 2 N–H and O–H groups in total. The topological polar surface area (TPSA) is 42.2 Å². The molecule has 3 rings (SSSR count). The summed E-state index contributed by atoms with van der Waals surface area (Å²) in [6.07, 6.45) is 3.90. The quantitative estimate of drug-likeness (QED) is 0.787. The van der Waals surface area contributed by atoms with Gasteiger partial charge in [-0.1, -0.05) is 0 Å². The molecule has 1 aromatic carbocycles. The monoisotopic (exact) mass is 247 g/mol. The molecule has 90 valence electrons. The highest BCUT2D eigenvalue weighted by Gasteiger charge is 2.16. The van der Waals surface area contributed by atoms with Crippen molar-refractivity contribution in [3.63, 3.8) is 0 Å². The maximum absolute atomic E-state index is 6.29. The summed E-state index contributed by atoms with van der Waals surface area (Å²) in [5, 5.41) is 1.09. The molecule has 0 saturated carbocycles. The average Bonchev–Trinajstić information content (AvgIpc) is 2.72. The van der Waals surface area contributed by atoms with Gasteiger partial charge in [0.15, 0.2) is 0 Å². The van der Waals surface area contributed by atoms with Crippen LogP contribution in [0.3, 0.4) is 0 Å². The zero-order valence-electron chi connectivity index (χ0n) is 10.1. The minimum atomic E-state index is 0.912. The molecule has 1 aliphatic rings. The minimum Gasteiger partial charge on any atom is -0.396 e. The van der Waals surface area contributed by atoms with E-state index in [1.165, 1.54) is 24.9 Å². The highest BCUT2D eigenvalue weighted by Crippen LogP contribution is 2.35. The summed E-state index contributed by atoms with van der Waals surface area (Å²) in [6.45, 7) is 4.30. The standard InChI is InChI=1S/C13H17N3S/c1-9-15-10-5-6-11(12(14)13(10)17-9)16-7-3-2-4-8-16/h5-6H,2-4,7-8,14H2,1H3. The first-order chi connectivity index (χ1) is 8.25. The number of nitrogen functional groups attached to an aromatic ring is 1. The van der Waals surface area contributed by atoms with Gasteiger partial charge in [-0.15, -0.1) is 11.3 Å². The van der Waals surface area contributed by atoms with Gasteiger partial charge in [-0.2, -0.15) is 0 Å². The predicted molar refractivity (Wildman–Crippen MR) is 74.8 cm³/mol. The summed E-state index contributed by atoms with van der Waals surface area (Å²) in [5.74, 6) is 0. The van der Waals surface area contributed by atoms with E-state index in [0.29, 0.717) is 0 Å². The van der Waals surface area contributed by atoms with Crippen LogP contribution in [0.25, 0.3) is 10.2 Å². The van der Waals surface area contributed by atoms with Crippen molar-refractivity contribution in [3.8, 4) is 0 Å². The fraction of sp³-hybridized carbons (Fsp3) is 0.462. The van der Waals surface area contributed by atoms with Gasteiger partial charge in [-0.25, -0.2) is 4.98 Å². The third-order valence-electron chi connectivity index (χ3n) is 3.38. The number of fused-ring (bicyclic) bond motifs is 1. The zero-order valence-corrected chi connectivity index (χ0v) is 10.9. The number of hydrogen-bond donors (Lipinski definition) is 1. The lowest BCUT2D eigenvalue weighted by molar-refractivity contribution is 0.578. The van der Waals surface area contributed by atoms with Gasteiger partial charge in [0.25, 0.3) is 0 Å². The molecule has 17 heavy (non-hydrogen) atoms. The van der Waals surface area contributed by atoms with Gasteiger partial charge < -0.3 is 10.6 Å². The van der Waals surface area contributed by atoms with E-state index in [9.17, 15) is 0 Å². The average molecular weight is 247 g/mol. The Morgan fingerprint density at radius 2 is 2.00 bits per heavy atom. The van der Waals surface area contributed by atoms with Crippen molar-refractivity contribution in [2.45, 2.75) is 26.2 Å². The van der Waals surface area contributed by atoms with Crippen LogP contribution in [0.5, 0.6) is 0 Å². The highest BCUT2D eigenvalue weighted by molar-refractivity contribution is 7.19. The van der Waals surface area contributed by atoms with Gasteiger partial charge in [-0.05, 0) is 38.3 Å². The fourth-order valence-electron chi connectivity index (χ4n) is 2.52. The summed E-state index contributed by atoms with van der Waals surface area (Å²) in [7, 11) is 0. The normalized spacial score (nSPS) is 16.6. The van der Waals surface area contributed by atoms with Gasteiger partial charge >= 0.3 is 0 Å². The Labute approximate surface area is 105 Å². The number of nitrogens with two attached hydrogens (primary N) is 1. The lowest BCUT2D eigenvalue weighted by Gasteiger charge is -2.29. The molecule has 0 bridgehead atoms. The van der Waals surface area contributed by atoms with Crippen molar-refractivity contribution in [1.82, 2.24) is 4.98 Å². The maximum atomic E-state index is 6.29. The fourth-order valence-corrected chi connectivity index (χ4v) is 3.40. The Balaban J connectivity index is 2.06. The first-order valence-corrected chi connectivity index (χ1v) is 6.98. The van der Waals surface area contributed by atoms with E-state index in [2.05, 4.69) is 22.0 Å². The molecule has 0 radical (unpaired) electrons. The molecule has 1 aliphatic heterocycles. The number of nitrogens with zero attached hydrogens (tertiary/aromatic N) is 2. The number of aryl methyl sites for hydroxylation is 1. The largest absolute Gasteiger partial charge is 0.396 e. The highest BCUT2D eigenvalue weighted by atomic mass is 32.1. The Kier molecular flexibility index (Phi) is 2.67. The van der Waals surface area contributed by atoms with Gasteiger partial charge in [0.05, 0.1) is 26.6 Å². The Morgan fingerprint density at radius 1 is 1.24 bits per heavy atom. The molecule has 4 heteroatoms. The summed E-state index contributed by atoms with van der Waals surface area (Å²) < 4.78 is 1.14. The van der Waals surface area contributed by atoms with E-state index < -0.39 is 0 Å². The van der Waals surface area contributed by atoms with E-state index in [0.717, 1.165) is 34.0 Å². The van der Waals surface area contributed by atoms with Crippen molar-refractivity contribution in [1.29, 1.82) is 0 Å². The molecule has 1 aromatic heterocycles. The third-order valence-corrected chi connectivity index (χ3v) is 4.40. The van der Waals surface area contributed by atoms with Gasteiger partial charge in [0, 0.05) is 13.1 Å². The second kappa shape index (κ2) is 4.18. The van der Waals surface area contributed by atoms with Crippen molar-refractivity contribution < 1.29 is 0 Å². The number of benzene rings is 1. The summed E-state index contributed by atoms with van der Waals surface area (Å²) in [6, 6.07) is 4.22. The van der Waals surface area contributed by atoms with Gasteiger partial charge in [0.1, 0.15) is 0 Å². The number of aromatic nitrogens is 1. The second-order valence-corrected chi connectivity index (χ2v) is 5.83. The van der Waals surface area contributed by atoms with Crippen LogP contribution in [0.2, 0.25) is 0 Å². The molecular formula is C13H17N3S. The van der Waals surface area contributed by atoms with E-state index >= 15 is 0 Å². The van der Waals surface area contributed by atoms with Crippen molar-refractivity contribution in [3.05, 3.63) is 17.1 Å². The van der Waals surface area contributed by atoms with Gasteiger partial charge in [0.2, 0.25) is 0 Å². The van der Waals surface area contributed by atoms with E-state index in [1.54, 1.807) is 11.3 Å². The van der Waals surface area contributed by atoms with Crippen LogP contribution in [0.15, 0.2) is 12.1 Å². The molecule has 3 nitrogen and oxygen atoms in total. The third kappa shape index (κ3) is 1.86. The van der Waals surface area contributed by atoms with Crippen LogP contribution in [0.4, 0.5) is 11.4 Å². The molecule has 0 spiro atoms. The van der Waals surface area contributed by atoms with Crippen molar-refractivity contribution >= 4 is 32.9 Å². The molecule has 0 amide bonds. The minimum absolute atomic E-state index is 0.912. The zero-order chi connectivity index (χ0) is 11.8. The van der Waals surface area contributed by atoms with E-state index in [-0.39, 0.29) is 0 Å². The first kappa shape index (κ1) is 10.8. The summed E-state index contributed by atoms with van der Waals surface area (Å²) >= 11 is 1.69. The number of anilines is 2. The molecular weight excluding hydrogens is 230 g/mol. The maximum Gasteiger partial charge on any atom is 0.0908 e. The molecule has 0 aliphatic carbocycles. The number of piperidine rings is 1. The van der Waals surface area contributed by atoms with Crippen molar-refractivity contribution in [2.75, 3.05) is 23.7 Å². The Bertz CT molecular complexity index is 541. The van der Waals surface area contributed by atoms with E-state index in [1.807, 2.05) is 6.92 Å². The second-order valence-electron chi connectivity index (χ2n) is 4.63. The predicted octanol–water partition coefficient (Wildman–Crippen LogP) is 3.18. The molecule has 1 fully saturated rings. The van der Waals surface area contributed by atoms with Crippen LogP contribution in [0.1, 0.15) is 24.3 Å². The van der Waals surface area contributed by atoms with Crippen LogP contribution in [-0.4, -0.2) is 18.1 Å². The lowest BCUT2D eigenvalue weighted by atomic mass is 10.1. The Morgan fingerprint density at radius 3 is 2.76 bits per heavy atom. The molecule has 2 aromatic rings. The number of hydrogen-bond acceptors (Lipinski definition) is 4. The number of rotatable bonds is 1. The molecule has 0 atom stereocenters. The van der Waals surface area contributed by atoms with Crippen LogP contribution in [0, 0.1) is 6.92 Å². The smallest absolute Gasteiger partial charge is 0.0908 e. The Hall–Kier alpha value is -1.29. The number of thiazole rings is 1. The van der Waals surface area contributed by atoms with Crippen LogP contribution >= 0.6 is 11.3 Å². The SMILES string of the molecule is Cc1nc2ccc(N3CCCCC3)c(N)c2s1. The lowest BCUT2D eigenvalue weighted by Crippen LogP contribution is -2.29. The summed E-state index contributed by atoms with van der Waals surface area (Å²) in [4.78, 5) is 6.89.